The first-order chi connectivity index (χ1) is 10.6. The summed E-state index contributed by atoms with van der Waals surface area (Å²) >= 11 is 0. The van der Waals surface area contributed by atoms with Crippen LogP contribution in [-0.4, -0.2) is 10.2 Å². The lowest BCUT2D eigenvalue weighted by Crippen LogP contribution is -2.05. The molecule has 0 fully saturated rings. The average molecular weight is 305 g/mol. The van der Waals surface area contributed by atoms with E-state index in [-0.39, 0.29) is 29.0 Å². The second-order valence-electron chi connectivity index (χ2n) is 4.57. The molecule has 0 atom stereocenters. The van der Waals surface area contributed by atoms with Crippen LogP contribution in [0.2, 0.25) is 0 Å². The Kier molecular flexibility index (Phi) is 5.04. The van der Waals surface area contributed by atoms with Gasteiger partial charge in [-0.1, -0.05) is 6.07 Å². The molecule has 0 aromatic heterocycles. The molecule has 114 valence electrons. The molecule has 0 aliphatic carbocycles. The van der Waals surface area contributed by atoms with Gasteiger partial charge in [0.15, 0.2) is 0 Å². The quantitative estimate of drug-likeness (QED) is 0.889. The minimum Gasteiger partial charge on any atom is -0.488 e. The van der Waals surface area contributed by atoms with E-state index in [0.29, 0.717) is 5.56 Å². The van der Waals surface area contributed by atoms with E-state index in [1.807, 2.05) is 6.07 Å². The highest BCUT2D eigenvalue weighted by Crippen LogP contribution is 2.27. The summed E-state index contributed by atoms with van der Waals surface area (Å²) in [5.74, 6) is -0.978. The van der Waals surface area contributed by atoms with Crippen molar-refractivity contribution >= 4 is 0 Å². The van der Waals surface area contributed by atoms with Gasteiger partial charge in [-0.05, 0) is 24.3 Å². The molecule has 0 unspecified atom stereocenters. The van der Waals surface area contributed by atoms with E-state index in [1.54, 1.807) is 0 Å². The molecule has 6 heteroatoms. The number of halogens is 2. The Morgan fingerprint density at radius 3 is 2.14 bits per heavy atom. The molecule has 0 bridgehead atoms. The molecule has 22 heavy (non-hydrogen) atoms. The monoisotopic (exact) mass is 305 g/mol. The van der Waals surface area contributed by atoms with Crippen molar-refractivity contribution in [3.63, 3.8) is 0 Å². The zero-order valence-corrected chi connectivity index (χ0v) is 11.5. The summed E-state index contributed by atoms with van der Waals surface area (Å²) in [5.41, 5.74) is 0.938. The molecular weight excluding hydrogens is 292 g/mol. The van der Waals surface area contributed by atoms with Crippen molar-refractivity contribution in [3.8, 4) is 11.8 Å². The Bertz CT molecular complexity index is 701. The van der Waals surface area contributed by atoms with Gasteiger partial charge in [0.25, 0.3) is 0 Å². The van der Waals surface area contributed by atoms with Crippen LogP contribution in [-0.2, 0) is 19.8 Å². The van der Waals surface area contributed by atoms with Crippen molar-refractivity contribution in [1.82, 2.24) is 0 Å². The lowest BCUT2D eigenvalue weighted by Gasteiger charge is -2.15. The van der Waals surface area contributed by atoms with E-state index in [1.165, 1.54) is 12.1 Å². The van der Waals surface area contributed by atoms with Crippen molar-refractivity contribution in [1.29, 1.82) is 5.26 Å². The van der Waals surface area contributed by atoms with Crippen LogP contribution in [0.25, 0.3) is 0 Å². The van der Waals surface area contributed by atoms with E-state index < -0.39 is 24.8 Å². The fourth-order valence-electron chi connectivity index (χ4n) is 2.06. The van der Waals surface area contributed by atoms with Crippen molar-refractivity contribution in [2.75, 3.05) is 0 Å². The Balaban J connectivity index is 2.31. The summed E-state index contributed by atoms with van der Waals surface area (Å²) in [6.07, 6.45) is 0. The second kappa shape index (κ2) is 6.98. The maximum atomic E-state index is 13.3. The number of ether oxygens (including phenoxy) is 1. The van der Waals surface area contributed by atoms with E-state index in [0.717, 1.165) is 18.2 Å². The molecule has 2 aromatic carbocycles. The number of rotatable bonds is 5. The van der Waals surface area contributed by atoms with Crippen molar-refractivity contribution in [3.05, 3.63) is 64.2 Å². The molecule has 0 saturated carbocycles. The third-order valence-electron chi connectivity index (χ3n) is 3.11. The van der Waals surface area contributed by atoms with E-state index >= 15 is 0 Å². The number of benzene rings is 2. The Labute approximate surface area is 125 Å². The molecule has 0 aliphatic rings. The van der Waals surface area contributed by atoms with Crippen LogP contribution >= 0.6 is 0 Å². The molecule has 0 heterocycles. The highest BCUT2D eigenvalue weighted by Gasteiger charge is 2.13. The third kappa shape index (κ3) is 3.39. The normalized spacial score (nSPS) is 10.3. The molecule has 2 rings (SSSR count). The van der Waals surface area contributed by atoms with Crippen molar-refractivity contribution in [2.45, 2.75) is 19.8 Å². The number of nitriles is 1. The average Bonchev–Trinajstić information content (AvgIpc) is 2.53. The van der Waals surface area contributed by atoms with Crippen LogP contribution in [0, 0.1) is 23.0 Å². The minimum atomic E-state index is -0.597. The summed E-state index contributed by atoms with van der Waals surface area (Å²) in [6, 6.07) is 7.76. The maximum absolute atomic E-state index is 13.3. The highest BCUT2D eigenvalue weighted by molar-refractivity contribution is 5.43. The fourth-order valence-corrected chi connectivity index (χ4v) is 2.06. The molecule has 4 nitrogen and oxygen atoms in total. The number of aliphatic hydroxyl groups excluding tert-OH is 2. The predicted molar refractivity (Wildman–Crippen MR) is 73.7 cm³/mol. The topological polar surface area (TPSA) is 73.5 Å². The van der Waals surface area contributed by atoms with Gasteiger partial charge in [-0.3, -0.25) is 0 Å². The minimum absolute atomic E-state index is 0.0746. The SMILES string of the molecule is N#Cc1cc(F)ccc1COc1c(CO)cc(F)cc1CO. The predicted octanol–water partition coefficient (Wildman–Crippen LogP) is 2.40. The van der Waals surface area contributed by atoms with E-state index in [2.05, 4.69) is 0 Å². The number of hydrogen-bond acceptors (Lipinski definition) is 4. The summed E-state index contributed by atoms with van der Waals surface area (Å²) in [6.45, 7) is -1.00. The summed E-state index contributed by atoms with van der Waals surface area (Å²) in [7, 11) is 0. The smallest absolute Gasteiger partial charge is 0.131 e. The zero-order chi connectivity index (χ0) is 16.1. The molecule has 0 aliphatic heterocycles. The van der Waals surface area contributed by atoms with Crippen LogP contribution in [0.3, 0.4) is 0 Å². The molecule has 0 radical (unpaired) electrons. The summed E-state index contributed by atoms with van der Waals surface area (Å²) in [4.78, 5) is 0. The van der Waals surface area contributed by atoms with Crippen LogP contribution in [0.4, 0.5) is 8.78 Å². The van der Waals surface area contributed by atoms with E-state index in [4.69, 9.17) is 10.00 Å². The Morgan fingerprint density at radius 1 is 0.955 bits per heavy atom. The van der Waals surface area contributed by atoms with Gasteiger partial charge in [0, 0.05) is 16.7 Å². The Morgan fingerprint density at radius 2 is 1.59 bits per heavy atom. The van der Waals surface area contributed by atoms with Gasteiger partial charge >= 0.3 is 0 Å². The van der Waals surface area contributed by atoms with Gasteiger partial charge < -0.3 is 14.9 Å². The number of nitrogens with zero attached hydrogens (tertiary/aromatic N) is 1. The van der Waals surface area contributed by atoms with Gasteiger partial charge in [-0.25, -0.2) is 8.78 Å². The van der Waals surface area contributed by atoms with Crippen molar-refractivity contribution < 1.29 is 23.7 Å². The molecule has 0 spiro atoms. The molecule has 2 N–H and O–H groups in total. The largest absolute Gasteiger partial charge is 0.488 e. The number of hydrogen-bond donors (Lipinski definition) is 2. The molecule has 2 aromatic rings. The van der Waals surface area contributed by atoms with Crippen molar-refractivity contribution in [2.24, 2.45) is 0 Å². The first-order valence-corrected chi connectivity index (χ1v) is 6.43. The summed E-state index contributed by atoms with van der Waals surface area (Å²) in [5, 5.41) is 27.5. The molecular formula is C16H13F2NO3. The van der Waals surface area contributed by atoms with Crippen LogP contribution in [0.1, 0.15) is 22.3 Å². The highest BCUT2D eigenvalue weighted by atomic mass is 19.1. The van der Waals surface area contributed by atoms with E-state index in [9.17, 15) is 19.0 Å². The summed E-state index contributed by atoms with van der Waals surface area (Å²) < 4.78 is 31.9. The zero-order valence-electron chi connectivity index (χ0n) is 11.5. The maximum Gasteiger partial charge on any atom is 0.131 e. The van der Waals surface area contributed by atoms with Gasteiger partial charge in [-0.2, -0.15) is 5.26 Å². The first-order valence-electron chi connectivity index (χ1n) is 6.43. The van der Waals surface area contributed by atoms with Gasteiger partial charge in [0.1, 0.15) is 24.0 Å². The van der Waals surface area contributed by atoms with Gasteiger partial charge in [-0.15, -0.1) is 0 Å². The second-order valence-corrected chi connectivity index (χ2v) is 4.57. The van der Waals surface area contributed by atoms with Crippen LogP contribution in [0.15, 0.2) is 30.3 Å². The lowest BCUT2D eigenvalue weighted by molar-refractivity contribution is 0.241. The Hall–Kier alpha value is -2.49. The lowest BCUT2D eigenvalue weighted by atomic mass is 10.1. The standard InChI is InChI=1S/C16H13F2NO3/c17-14-2-1-10(11(3-14)6-19)9-22-16-12(7-20)4-15(18)5-13(16)8-21/h1-5,20-21H,7-9H2. The van der Waals surface area contributed by atoms with Gasteiger partial charge in [0.05, 0.1) is 24.8 Å². The first kappa shape index (κ1) is 15.9. The third-order valence-corrected chi connectivity index (χ3v) is 3.11. The molecule has 0 saturated heterocycles. The van der Waals surface area contributed by atoms with Crippen LogP contribution < -0.4 is 4.74 Å². The fraction of sp³-hybridized carbons (Fsp3) is 0.188. The molecule has 0 amide bonds. The number of aliphatic hydroxyl groups is 2. The van der Waals surface area contributed by atoms with Gasteiger partial charge in [0.2, 0.25) is 0 Å². The van der Waals surface area contributed by atoms with Crippen LogP contribution in [0.5, 0.6) is 5.75 Å².